The normalized spacial score (nSPS) is 11.0. The maximum absolute atomic E-state index is 15.2. The Morgan fingerprint density at radius 1 is 1.03 bits per heavy atom. The van der Waals surface area contributed by atoms with Gasteiger partial charge in [-0.3, -0.25) is 14.3 Å². The molecule has 4 aromatic rings. The molecule has 2 aromatic carbocycles. The number of amides is 1. The first-order valence-corrected chi connectivity index (χ1v) is 11.5. The number of ether oxygens (including phenoxy) is 3. The third-order valence-electron chi connectivity index (χ3n) is 5.58. The van der Waals surface area contributed by atoms with E-state index >= 15 is 8.78 Å². The Hall–Kier alpha value is -4.81. The van der Waals surface area contributed by atoms with Gasteiger partial charge in [0.15, 0.2) is 5.82 Å². The maximum Gasteiger partial charge on any atom is 0.387 e. The minimum atomic E-state index is -3.06. The van der Waals surface area contributed by atoms with E-state index in [0.717, 1.165) is 33.6 Å². The highest BCUT2D eigenvalue weighted by atomic mass is 19.3. The molecule has 0 fully saturated rings. The molecular formula is C26H22F4N4O5. The molecular weight excluding hydrogens is 524 g/mol. The smallest absolute Gasteiger partial charge is 0.387 e. The number of hydrogen-bond acceptors (Lipinski definition) is 6. The number of hydrogen-bond donors (Lipinski definition) is 1. The van der Waals surface area contributed by atoms with Crippen molar-refractivity contribution in [2.45, 2.75) is 13.5 Å². The first kappa shape index (κ1) is 27.2. The van der Waals surface area contributed by atoms with Crippen molar-refractivity contribution in [3.8, 4) is 34.3 Å². The molecule has 0 saturated heterocycles. The van der Waals surface area contributed by atoms with E-state index in [-0.39, 0.29) is 28.6 Å². The van der Waals surface area contributed by atoms with E-state index in [1.165, 1.54) is 38.6 Å². The number of pyridine rings is 1. The number of carbonyl (C=O) groups excluding carboxylic acids is 1. The molecule has 13 heteroatoms. The van der Waals surface area contributed by atoms with Gasteiger partial charge in [0.25, 0.3) is 11.5 Å². The van der Waals surface area contributed by atoms with Crippen LogP contribution >= 0.6 is 0 Å². The number of nitrogens with one attached hydrogen (secondary N) is 1. The zero-order valence-electron chi connectivity index (χ0n) is 20.9. The lowest BCUT2D eigenvalue weighted by Gasteiger charge is -2.13. The second-order valence-corrected chi connectivity index (χ2v) is 7.97. The summed E-state index contributed by atoms with van der Waals surface area (Å²) in [5, 5.41) is 2.40. The molecule has 0 atom stereocenters. The van der Waals surface area contributed by atoms with E-state index in [1.54, 1.807) is 13.0 Å². The SMILES string of the molecule is CCOc1ccnc(-n2c(=O)c(NC(=O)c3ccc(OC(F)F)cc3)c(-c3c(F)cc(OC)cc3F)n2C)c1. The number of rotatable bonds is 9. The van der Waals surface area contributed by atoms with Crippen molar-refractivity contribution in [2.75, 3.05) is 19.0 Å². The van der Waals surface area contributed by atoms with Crippen molar-refractivity contribution in [3.05, 3.63) is 82.3 Å². The molecule has 4 rings (SSSR count). The fourth-order valence-electron chi connectivity index (χ4n) is 3.90. The topological polar surface area (TPSA) is 96.6 Å². The van der Waals surface area contributed by atoms with Gasteiger partial charge >= 0.3 is 6.61 Å². The van der Waals surface area contributed by atoms with Gasteiger partial charge in [-0.1, -0.05) is 0 Å². The van der Waals surface area contributed by atoms with Crippen LogP contribution < -0.4 is 25.1 Å². The predicted octanol–water partition coefficient (Wildman–Crippen LogP) is 4.78. The lowest BCUT2D eigenvalue weighted by molar-refractivity contribution is -0.0498. The lowest BCUT2D eigenvalue weighted by atomic mass is 10.1. The predicted molar refractivity (Wildman–Crippen MR) is 133 cm³/mol. The van der Waals surface area contributed by atoms with Crippen LogP contribution in [0, 0.1) is 11.6 Å². The van der Waals surface area contributed by atoms with Gasteiger partial charge in [0.1, 0.15) is 40.3 Å². The molecule has 0 unspecified atom stereocenters. The summed E-state index contributed by atoms with van der Waals surface area (Å²) >= 11 is 0. The van der Waals surface area contributed by atoms with Gasteiger partial charge in [-0.15, -0.1) is 0 Å². The molecule has 0 aliphatic carbocycles. The molecule has 9 nitrogen and oxygen atoms in total. The summed E-state index contributed by atoms with van der Waals surface area (Å²) in [5.74, 6) is -2.80. The molecule has 0 radical (unpaired) electrons. The van der Waals surface area contributed by atoms with Gasteiger partial charge in [0, 0.05) is 37.0 Å². The number of nitrogens with zero attached hydrogens (tertiary/aromatic N) is 3. The van der Waals surface area contributed by atoms with Crippen molar-refractivity contribution in [1.29, 1.82) is 0 Å². The van der Waals surface area contributed by atoms with Crippen LogP contribution in [-0.4, -0.2) is 40.6 Å². The first-order chi connectivity index (χ1) is 18.6. The van der Waals surface area contributed by atoms with Crippen LogP contribution in [0.1, 0.15) is 17.3 Å². The van der Waals surface area contributed by atoms with Gasteiger partial charge in [-0.05, 0) is 37.3 Å². The number of benzene rings is 2. The number of halogens is 4. The third-order valence-corrected chi connectivity index (χ3v) is 5.58. The zero-order valence-corrected chi connectivity index (χ0v) is 20.9. The monoisotopic (exact) mass is 546 g/mol. The summed E-state index contributed by atoms with van der Waals surface area (Å²) in [6.07, 6.45) is 1.38. The highest BCUT2D eigenvalue weighted by Gasteiger charge is 2.28. The van der Waals surface area contributed by atoms with E-state index in [1.807, 2.05) is 0 Å². The third kappa shape index (κ3) is 5.56. The summed E-state index contributed by atoms with van der Waals surface area (Å²) in [5.41, 5.74) is -2.25. The summed E-state index contributed by atoms with van der Waals surface area (Å²) in [6.45, 7) is -0.956. The second-order valence-electron chi connectivity index (χ2n) is 7.97. The number of aromatic nitrogens is 3. The minimum Gasteiger partial charge on any atom is -0.497 e. The Balaban J connectivity index is 1.87. The Morgan fingerprint density at radius 2 is 1.69 bits per heavy atom. The number of anilines is 1. The average molecular weight is 546 g/mol. The molecule has 1 N–H and O–H groups in total. The Morgan fingerprint density at radius 3 is 2.28 bits per heavy atom. The molecule has 2 heterocycles. The summed E-state index contributed by atoms with van der Waals surface area (Å²) in [6, 6.07) is 9.53. The minimum absolute atomic E-state index is 0.0375. The van der Waals surface area contributed by atoms with Crippen LogP contribution in [0.5, 0.6) is 17.2 Å². The average Bonchev–Trinajstić information content (AvgIpc) is 3.13. The van der Waals surface area contributed by atoms with E-state index < -0.39 is 41.0 Å². The van der Waals surface area contributed by atoms with Crippen LogP contribution in [0.4, 0.5) is 23.2 Å². The van der Waals surface area contributed by atoms with Crippen molar-refractivity contribution >= 4 is 11.6 Å². The molecule has 1 amide bonds. The molecule has 2 aromatic heterocycles. The molecule has 0 aliphatic rings. The van der Waals surface area contributed by atoms with E-state index in [4.69, 9.17) is 9.47 Å². The molecule has 0 spiro atoms. The van der Waals surface area contributed by atoms with Crippen LogP contribution in [-0.2, 0) is 7.05 Å². The Kier molecular flexibility index (Phi) is 7.88. The van der Waals surface area contributed by atoms with Gasteiger partial charge in [-0.25, -0.2) is 13.8 Å². The largest absolute Gasteiger partial charge is 0.497 e. The quantitative estimate of drug-likeness (QED) is 0.304. The molecule has 0 saturated carbocycles. The molecule has 39 heavy (non-hydrogen) atoms. The Labute approximate surface area is 219 Å². The second kappa shape index (κ2) is 11.3. The Bertz CT molecular complexity index is 1540. The lowest BCUT2D eigenvalue weighted by Crippen LogP contribution is -2.23. The standard InChI is InChI=1S/C26H22F4N4O5/c1-4-38-16-9-10-31-20(13-16)34-25(36)22(32-24(35)14-5-7-15(8-6-14)39-26(29)30)23(33(34)2)21-18(27)11-17(37-3)12-19(21)28/h5-13,26H,4H2,1-3H3,(H,32,35). The maximum atomic E-state index is 15.2. The van der Waals surface area contributed by atoms with Crippen LogP contribution in [0.3, 0.4) is 0 Å². The molecule has 0 aliphatic heterocycles. The van der Waals surface area contributed by atoms with Gasteiger partial charge in [-0.2, -0.15) is 13.5 Å². The fourth-order valence-corrected chi connectivity index (χ4v) is 3.90. The summed E-state index contributed by atoms with van der Waals surface area (Å²) in [4.78, 5) is 30.8. The van der Waals surface area contributed by atoms with Crippen molar-refractivity contribution in [2.24, 2.45) is 7.05 Å². The van der Waals surface area contributed by atoms with Crippen LogP contribution in [0.15, 0.2) is 59.5 Å². The number of carbonyl (C=O) groups is 1. The van der Waals surface area contributed by atoms with E-state index in [0.29, 0.717) is 12.4 Å². The van der Waals surface area contributed by atoms with Crippen molar-refractivity contribution < 1.29 is 36.6 Å². The van der Waals surface area contributed by atoms with Gasteiger partial charge in [0.05, 0.1) is 19.3 Å². The summed E-state index contributed by atoms with van der Waals surface area (Å²) < 4.78 is 72.1. The fraction of sp³-hybridized carbons (Fsp3) is 0.192. The van der Waals surface area contributed by atoms with Gasteiger partial charge in [0.2, 0.25) is 0 Å². The summed E-state index contributed by atoms with van der Waals surface area (Å²) in [7, 11) is 2.60. The highest BCUT2D eigenvalue weighted by molar-refractivity contribution is 6.06. The zero-order chi connectivity index (χ0) is 28.3. The van der Waals surface area contributed by atoms with Crippen LogP contribution in [0.25, 0.3) is 17.1 Å². The highest BCUT2D eigenvalue weighted by Crippen LogP contribution is 2.34. The molecule has 204 valence electrons. The van der Waals surface area contributed by atoms with Crippen molar-refractivity contribution in [3.63, 3.8) is 0 Å². The van der Waals surface area contributed by atoms with Crippen LogP contribution in [0.2, 0.25) is 0 Å². The van der Waals surface area contributed by atoms with Gasteiger partial charge < -0.3 is 19.5 Å². The molecule has 0 bridgehead atoms. The van der Waals surface area contributed by atoms with E-state index in [2.05, 4.69) is 15.0 Å². The number of alkyl halides is 2. The van der Waals surface area contributed by atoms with Crippen molar-refractivity contribution in [1.82, 2.24) is 14.3 Å². The first-order valence-electron chi connectivity index (χ1n) is 11.5. The number of methoxy groups -OCH3 is 1. The van der Waals surface area contributed by atoms with E-state index in [9.17, 15) is 18.4 Å².